The monoisotopic (exact) mass is 388 g/mol. The number of amides is 1. The quantitative estimate of drug-likeness (QED) is 0.763. The molecule has 2 aromatic carbocycles. The van der Waals surface area contributed by atoms with Crippen LogP contribution in [0.2, 0.25) is 0 Å². The Morgan fingerprint density at radius 1 is 1.11 bits per heavy atom. The summed E-state index contributed by atoms with van der Waals surface area (Å²) in [6, 6.07) is 7.08. The third-order valence-electron chi connectivity index (χ3n) is 4.89. The molecule has 2 aromatic rings. The Morgan fingerprint density at radius 3 is 2.61 bits per heavy atom. The molecule has 1 amide bonds. The van der Waals surface area contributed by atoms with Crippen molar-refractivity contribution in [1.82, 2.24) is 5.32 Å². The van der Waals surface area contributed by atoms with Crippen LogP contribution >= 0.6 is 0 Å². The summed E-state index contributed by atoms with van der Waals surface area (Å²) in [5, 5.41) is 5.90. The molecule has 0 unspecified atom stereocenters. The van der Waals surface area contributed by atoms with Crippen LogP contribution in [0.15, 0.2) is 24.3 Å². The summed E-state index contributed by atoms with van der Waals surface area (Å²) in [4.78, 5) is 12.4. The van der Waals surface area contributed by atoms with Gasteiger partial charge in [-0.25, -0.2) is 4.39 Å². The molecule has 1 aliphatic heterocycles. The summed E-state index contributed by atoms with van der Waals surface area (Å²) < 4.78 is 30.8. The van der Waals surface area contributed by atoms with Crippen LogP contribution in [0.25, 0.3) is 0 Å². The summed E-state index contributed by atoms with van der Waals surface area (Å²) in [6.07, 6.45) is 1.23. The van der Waals surface area contributed by atoms with Crippen molar-refractivity contribution in [1.29, 1.82) is 0 Å². The first-order chi connectivity index (χ1) is 13.6. The second-order valence-electron chi connectivity index (χ2n) is 6.53. The lowest BCUT2D eigenvalue weighted by Crippen LogP contribution is -2.25. The second-order valence-corrected chi connectivity index (χ2v) is 6.53. The molecule has 1 heterocycles. The van der Waals surface area contributed by atoms with Gasteiger partial charge in [-0.2, -0.15) is 0 Å². The highest BCUT2D eigenvalue weighted by Gasteiger charge is 2.19. The molecule has 150 valence electrons. The van der Waals surface area contributed by atoms with Gasteiger partial charge in [-0.15, -0.1) is 0 Å². The molecule has 1 aliphatic rings. The van der Waals surface area contributed by atoms with Crippen molar-refractivity contribution in [3.63, 3.8) is 0 Å². The number of ether oxygens (including phenoxy) is 3. The maximum absolute atomic E-state index is 14.7. The number of carbonyl (C=O) groups is 1. The number of benzene rings is 2. The Morgan fingerprint density at radius 2 is 1.89 bits per heavy atom. The summed E-state index contributed by atoms with van der Waals surface area (Å²) in [7, 11) is 4.62. The van der Waals surface area contributed by atoms with Crippen molar-refractivity contribution in [3.8, 4) is 17.2 Å². The zero-order valence-corrected chi connectivity index (χ0v) is 16.4. The van der Waals surface area contributed by atoms with Gasteiger partial charge in [-0.05, 0) is 48.2 Å². The molecule has 0 aromatic heterocycles. The number of hydrogen-bond acceptors (Lipinski definition) is 5. The molecule has 0 spiro atoms. The predicted octanol–water partition coefficient (Wildman–Crippen LogP) is 3.07. The van der Waals surface area contributed by atoms with Crippen molar-refractivity contribution in [2.24, 2.45) is 0 Å². The van der Waals surface area contributed by atoms with Gasteiger partial charge in [0.15, 0.2) is 11.5 Å². The van der Waals surface area contributed by atoms with Crippen LogP contribution < -0.4 is 24.8 Å². The number of fused-ring (bicyclic) bond motifs is 1. The highest BCUT2D eigenvalue weighted by atomic mass is 19.1. The van der Waals surface area contributed by atoms with E-state index in [4.69, 9.17) is 14.2 Å². The lowest BCUT2D eigenvalue weighted by Gasteiger charge is -2.19. The Balaban J connectivity index is 1.70. The molecular weight excluding hydrogens is 363 g/mol. The fourth-order valence-corrected chi connectivity index (χ4v) is 3.45. The summed E-state index contributed by atoms with van der Waals surface area (Å²) >= 11 is 0. The lowest BCUT2D eigenvalue weighted by atomic mass is 9.99. The molecule has 28 heavy (non-hydrogen) atoms. The molecule has 6 nitrogen and oxygen atoms in total. The molecule has 0 radical (unpaired) electrons. The van der Waals surface area contributed by atoms with Crippen LogP contribution in [0.5, 0.6) is 17.2 Å². The van der Waals surface area contributed by atoms with Gasteiger partial charge in [0, 0.05) is 13.0 Å². The molecule has 0 aliphatic carbocycles. The fraction of sp³-hybridized carbons (Fsp3) is 0.381. The van der Waals surface area contributed by atoms with Crippen LogP contribution in [0.1, 0.15) is 23.1 Å². The molecule has 0 atom stereocenters. The number of hydrogen-bond donors (Lipinski definition) is 2. The smallest absolute Gasteiger partial charge is 0.224 e. The Bertz CT molecular complexity index is 870. The van der Waals surface area contributed by atoms with Gasteiger partial charge in [-0.3, -0.25) is 4.79 Å². The van der Waals surface area contributed by atoms with E-state index in [1.54, 1.807) is 19.2 Å². The van der Waals surface area contributed by atoms with Crippen LogP contribution in [0.3, 0.4) is 0 Å². The SMILES string of the molecule is COc1ccc(CCC(=O)Nc2ccc3c(c2F)CCNC3)c(OC)c1OC. The van der Waals surface area contributed by atoms with Crippen LogP contribution in [-0.2, 0) is 24.2 Å². The van der Waals surface area contributed by atoms with E-state index in [1.807, 2.05) is 12.1 Å². The number of rotatable bonds is 7. The number of carbonyl (C=O) groups excluding carboxylic acids is 1. The Hall–Kier alpha value is -2.80. The molecule has 0 saturated heterocycles. The van der Waals surface area contributed by atoms with Gasteiger partial charge >= 0.3 is 0 Å². The van der Waals surface area contributed by atoms with E-state index < -0.39 is 0 Å². The zero-order chi connectivity index (χ0) is 20.1. The number of halogens is 1. The fourth-order valence-electron chi connectivity index (χ4n) is 3.45. The molecule has 0 fully saturated rings. The van der Waals surface area contributed by atoms with Crippen LogP contribution in [0, 0.1) is 5.82 Å². The average Bonchev–Trinajstić information content (AvgIpc) is 2.73. The second kappa shape index (κ2) is 8.93. The molecule has 0 saturated carbocycles. The number of aryl methyl sites for hydroxylation is 1. The zero-order valence-electron chi connectivity index (χ0n) is 16.4. The van der Waals surface area contributed by atoms with Crippen molar-refractivity contribution in [2.75, 3.05) is 33.2 Å². The maximum atomic E-state index is 14.7. The first-order valence-corrected chi connectivity index (χ1v) is 9.17. The molecule has 2 N–H and O–H groups in total. The van der Waals surface area contributed by atoms with Crippen LogP contribution in [-0.4, -0.2) is 33.8 Å². The molecular formula is C21H25FN2O4. The van der Waals surface area contributed by atoms with Crippen molar-refractivity contribution < 1.29 is 23.4 Å². The van der Waals surface area contributed by atoms with E-state index in [2.05, 4.69) is 10.6 Å². The van der Waals surface area contributed by atoms with Crippen molar-refractivity contribution >= 4 is 11.6 Å². The van der Waals surface area contributed by atoms with E-state index in [9.17, 15) is 9.18 Å². The third-order valence-corrected chi connectivity index (χ3v) is 4.89. The minimum Gasteiger partial charge on any atom is -0.493 e. The number of methoxy groups -OCH3 is 3. The van der Waals surface area contributed by atoms with Crippen LogP contribution in [0.4, 0.5) is 10.1 Å². The van der Waals surface area contributed by atoms with Gasteiger partial charge in [-0.1, -0.05) is 12.1 Å². The van der Waals surface area contributed by atoms with E-state index in [0.29, 0.717) is 42.2 Å². The molecule has 3 rings (SSSR count). The molecule has 7 heteroatoms. The minimum absolute atomic E-state index is 0.184. The molecule has 0 bridgehead atoms. The van der Waals surface area contributed by atoms with Crippen molar-refractivity contribution in [3.05, 3.63) is 46.8 Å². The first-order valence-electron chi connectivity index (χ1n) is 9.17. The van der Waals surface area contributed by atoms with Gasteiger partial charge in [0.25, 0.3) is 0 Å². The average molecular weight is 388 g/mol. The Kier molecular flexibility index (Phi) is 6.36. The largest absolute Gasteiger partial charge is 0.493 e. The normalized spacial score (nSPS) is 12.9. The standard InChI is InChI=1S/C21H25FN2O4/c1-26-17-8-5-13(20(27-2)21(17)28-3)6-9-18(25)24-16-7-4-14-12-23-11-10-15(14)19(16)22/h4-5,7-8,23H,6,9-12H2,1-3H3,(H,24,25). The van der Waals surface area contributed by atoms with Gasteiger partial charge in [0.2, 0.25) is 11.7 Å². The topological polar surface area (TPSA) is 68.8 Å². The van der Waals surface area contributed by atoms with E-state index in [-0.39, 0.29) is 23.8 Å². The summed E-state index contributed by atoms with van der Waals surface area (Å²) in [6.45, 7) is 1.39. The van der Waals surface area contributed by atoms with E-state index in [0.717, 1.165) is 17.7 Å². The third kappa shape index (κ3) is 4.04. The minimum atomic E-state index is -0.337. The first kappa shape index (κ1) is 19.9. The van der Waals surface area contributed by atoms with Gasteiger partial charge in [0.1, 0.15) is 5.82 Å². The van der Waals surface area contributed by atoms with E-state index in [1.165, 1.54) is 14.2 Å². The van der Waals surface area contributed by atoms with Gasteiger partial charge < -0.3 is 24.8 Å². The number of anilines is 1. The summed E-state index contributed by atoms with van der Waals surface area (Å²) in [5.41, 5.74) is 2.66. The van der Waals surface area contributed by atoms with E-state index >= 15 is 0 Å². The highest BCUT2D eigenvalue weighted by molar-refractivity contribution is 5.91. The van der Waals surface area contributed by atoms with Crippen molar-refractivity contribution in [2.45, 2.75) is 25.8 Å². The summed E-state index contributed by atoms with van der Waals surface area (Å²) in [5.74, 6) is 0.971. The highest BCUT2D eigenvalue weighted by Crippen LogP contribution is 2.40. The lowest BCUT2D eigenvalue weighted by molar-refractivity contribution is -0.116. The predicted molar refractivity (Wildman–Crippen MR) is 105 cm³/mol. The Labute approximate surface area is 164 Å². The number of nitrogens with one attached hydrogen (secondary N) is 2. The maximum Gasteiger partial charge on any atom is 0.224 e. The van der Waals surface area contributed by atoms with Gasteiger partial charge in [0.05, 0.1) is 27.0 Å².